The van der Waals surface area contributed by atoms with E-state index in [4.69, 9.17) is 0 Å². The van der Waals surface area contributed by atoms with Gasteiger partial charge in [-0.05, 0) is 37.1 Å². The molecule has 1 aromatic carbocycles. The molecule has 0 saturated carbocycles. The van der Waals surface area contributed by atoms with Crippen molar-refractivity contribution in [3.8, 4) is 17.1 Å². The number of nitrogens with zero attached hydrogens (tertiary/aromatic N) is 5. The average Bonchev–Trinajstić information content (AvgIpc) is 3.37. The van der Waals surface area contributed by atoms with Gasteiger partial charge in [0.2, 0.25) is 5.91 Å². The van der Waals surface area contributed by atoms with Crippen molar-refractivity contribution in [2.24, 2.45) is 0 Å². The van der Waals surface area contributed by atoms with Crippen molar-refractivity contribution in [2.75, 3.05) is 18.8 Å². The maximum atomic E-state index is 12.4. The number of hydrogen-bond acceptors (Lipinski definition) is 5. The summed E-state index contributed by atoms with van der Waals surface area (Å²) in [4.78, 5) is 18.5. The standard InChI is InChI=1S/C19H19N5OS/c25-17(23-11-4-5-12-23)14-26-19-22-21-18(15-7-6-10-20-13-15)24(19)16-8-2-1-3-9-16/h1-3,6-10,13H,4-5,11-12,14H2. The first-order valence-corrected chi connectivity index (χ1v) is 9.63. The minimum atomic E-state index is 0.165. The van der Waals surface area contributed by atoms with E-state index >= 15 is 0 Å². The third kappa shape index (κ3) is 3.48. The van der Waals surface area contributed by atoms with Crippen LogP contribution in [0.5, 0.6) is 0 Å². The van der Waals surface area contributed by atoms with Crippen LogP contribution in [-0.4, -0.2) is 49.4 Å². The number of benzene rings is 1. The molecule has 0 spiro atoms. The van der Waals surface area contributed by atoms with Crippen molar-refractivity contribution < 1.29 is 4.79 Å². The summed E-state index contributed by atoms with van der Waals surface area (Å²) in [5, 5.41) is 9.42. The molecule has 1 fully saturated rings. The van der Waals surface area contributed by atoms with Crippen molar-refractivity contribution in [2.45, 2.75) is 18.0 Å². The summed E-state index contributed by atoms with van der Waals surface area (Å²) < 4.78 is 1.99. The number of likely N-dealkylation sites (tertiary alicyclic amines) is 1. The maximum Gasteiger partial charge on any atom is 0.233 e. The van der Waals surface area contributed by atoms with E-state index in [0.29, 0.717) is 10.9 Å². The van der Waals surface area contributed by atoms with Crippen LogP contribution < -0.4 is 0 Å². The highest BCUT2D eigenvalue weighted by Crippen LogP contribution is 2.27. The molecule has 0 radical (unpaired) electrons. The quantitative estimate of drug-likeness (QED) is 0.650. The van der Waals surface area contributed by atoms with Gasteiger partial charge in [-0.2, -0.15) is 0 Å². The van der Waals surface area contributed by atoms with Crippen LogP contribution in [-0.2, 0) is 4.79 Å². The van der Waals surface area contributed by atoms with Crippen molar-refractivity contribution in [1.82, 2.24) is 24.6 Å². The summed E-state index contributed by atoms with van der Waals surface area (Å²) in [5.74, 6) is 1.26. The fraction of sp³-hybridized carbons (Fsp3) is 0.263. The summed E-state index contributed by atoms with van der Waals surface area (Å²) in [6.45, 7) is 1.73. The monoisotopic (exact) mass is 365 g/mol. The Labute approximate surface area is 156 Å². The largest absolute Gasteiger partial charge is 0.342 e. The van der Waals surface area contributed by atoms with Gasteiger partial charge < -0.3 is 4.90 Å². The first-order chi connectivity index (χ1) is 12.8. The molecule has 0 N–H and O–H groups in total. The van der Waals surface area contributed by atoms with Crippen LogP contribution in [0.1, 0.15) is 12.8 Å². The zero-order valence-corrected chi connectivity index (χ0v) is 15.1. The third-order valence-electron chi connectivity index (χ3n) is 4.35. The van der Waals surface area contributed by atoms with Gasteiger partial charge >= 0.3 is 0 Å². The Morgan fingerprint density at radius 2 is 1.85 bits per heavy atom. The Balaban J connectivity index is 1.64. The summed E-state index contributed by atoms with van der Waals surface area (Å²) >= 11 is 1.43. The number of pyridine rings is 1. The molecule has 1 aliphatic rings. The van der Waals surface area contributed by atoms with Crippen LogP contribution >= 0.6 is 11.8 Å². The summed E-state index contributed by atoms with van der Waals surface area (Å²) in [5.41, 5.74) is 1.86. The summed E-state index contributed by atoms with van der Waals surface area (Å²) in [6.07, 6.45) is 5.70. The van der Waals surface area contributed by atoms with Crippen molar-refractivity contribution in [3.05, 3.63) is 54.9 Å². The highest BCUT2D eigenvalue weighted by Gasteiger charge is 2.21. The van der Waals surface area contributed by atoms with Gasteiger partial charge in [0, 0.05) is 36.7 Å². The third-order valence-corrected chi connectivity index (χ3v) is 5.26. The SMILES string of the molecule is O=C(CSc1nnc(-c2cccnc2)n1-c1ccccc1)N1CCCC1. The molecular formula is C19H19N5OS. The van der Waals surface area contributed by atoms with Gasteiger partial charge in [0.25, 0.3) is 0 Å². The molecule has 0 unspecified atom stereocenters. The Kier molecular flexibility index (Phi) is 4.97. The molecule has 3 heterocycles. The molecule has 0 aliphatic carbocycles. The molecule has 4 rings (SSSR count). The number of carbonyl (C=O) groups excluding carboxylic acids is 1. The van der Waals surface area contributed by atoms with Gasteiger partial charge in [-0.15, -0.1) is 10.2 Å². The molecule has 0 bridgehead atoms. The number of rotatable bonds is 5. The summed E-state index contributed by atoms with van der Waals surface area (Å²) in [6, 6.07) is 13.8. The van der Waals surface area contributed by atoms with E-state index in [2.05, 4.69) is 15.2 Å². The van der Waals surface area contributed by atoms with Gasteiger partial charge in [-0.3, -0.25) is 14.3 Å². The van der Waals surface area contributed by atoms with Gasteiger partial charge in [0.05, 0.1) is 5.75 Å². The number of carbonyl (C=O) groups is 1. The molecule has 132 valence electrons. The van der Waals surface area contributed by atoms with Gasteiger partial charge in [0.15, 0.2) is 11.0 Å². The first-order valence-electron chi connectivity index (χ1n) is 8.65. The van der Waals surface area contributed by atoms with E-state index < -0.39 is 0 Å². The number of hydrogen-bond donors (Lipinski definition) is 0. The number of thioether (sulfide) groups is 1. The second kappa shape index (κ2) is 7.70. The minimum absolute atomic E-state index is 0.165. The highest BCUT2D eigenvalue weighted by atomic mass is 32.2. The topological polar surface area (TPSA) is 63.9 Å². The van der Waals surface area contributed by atoms with Crippen LogP contribution in [0.15, 0.2) is 60.0 Å². The van der Waals surface area contributed by atoms with Gasteiger partial charge in [-0.1, -0.05) is 30.0 Å². The zero-order chi connectivity index (χ0) is 17.8. The molecule has 0 atom stereocenters. The van der Waals surface area contributed by atoms with E-state index in [1.807, 2.05) is 51.9 Å². The molecule has 6 nitrogen and oxygen atoms in total. The number of para-hydroxylation sites is 1. The average molecular weight is 365 g/mol. The van der Waals surface area contributed by atoms with Crippen molar-refractivity contribution in [1.29, 1.82) is 0 Å². The van der Waals surface area contributed by atoms with E-state index in [1.165, 1.54) is 11.8 Å². The lowest BCUT2D eigenvalue weighted by Gasteiger charge is -2.15. The number of amides is 1. The minimum Gasteiger partial charge on any atom is -0.342 e. The molecule has 3 aromatic rings. The lowest BCUT2D eigenvalue weighted by molar-refractivity contribution is -0.127. The predicted molar refractivity (Wildman–Crippen MR) is 101 cm³/mol. The lowest BCUT2D eigenvalue weighted by Crippen LogP contribution is -2.29. The van der Waals surface area contributed by atoms with Crippen LogP contribution in [0.2, 0.25) is 0 Å². The van der Waals surface area contributed by atoms with Crippen molar-refractivity contribution >= 4 is 17.7 Å². The molecule has 1 saturated heterocycles. The Hall–Kier alpha value is -2.67. The predicted octanol–water partition coefficient (Wildman–Crippen LogP) is 3.04. The lowest BCUT2D eigenvalue weighted by atomic mass is 10.2. The summed E-state index contributed by atoms with van der Waals surface area (Å²) in [7, 11) is 0. The molecule has 7 heteroatoms. The van der Waals surface area contributed by atoms with Crippen LogP contribution in [0.3, 0.4) is 0 Å². The van der Waals surface area contributed by atoms with Crippen LogP contribution in [0, 0.1) is 0 Å². The second-order valence-electron chi connectivity index (χ2n) is 6.10. The Morgan fingerprint density at radius 3 is 2.58 bits per heavy atom. The Morgan fingerprint density at radius 1 is 1.04 bits per heavy atom. The molecule has 1 aliphatic heterocycles. The van der Waals surface area contributed by atoms with Crippen molar-refractivity contribution in [3.63, 3.8) is 0 Å². The molecule has 1 amide bonds. The van der Waals surface area contributed by atoms with E-state index in [1.54, 1.807) is 12.4 Å². The Bertz CT molecular complexity index is 875. The normalized spacial score (nSPS) is 13.9. The van der Waals surface area contributed by atoms with E-state index in [-0.39, 0.29) is 5.91 Å². The molecule has 2 aromatic heterocycles. The van der Waals surface area contributed by atoms with E-state index in [9.17, 15) is 4.79 Å². The smallest absolute Gasteiger partial charge is 0.233 e. The fourth-order valence-electron chi connectivity index (χ4n) is 3.04. The fourth-order valence-corrected chi connectivity index (χ4v) is 3.89. The van der Waals surface area contributed by atoms with Crippen LogP contribution in [0.4, 0.5) is 0 Å². The van der Waals surface area contributed by atoms with E-state index in [0.717, 1.165) is 43.0 Å². The molecule has 26 heavy (non-hydrogen) atoms. The van der Waals surface area contributed by atoms with Crippen LogP contribution in [0.25, 0.3) is 17.1 Å². The maximum absolute atomic E-state index is 12.4. The second-order valence-corrected chi connectivity index (χ2v) is 7.04. The first kappa shape index (κ1) is 16.8. The zero-order valence-electron chi connectivity index (χ0n) is 14.3. The number of aromatic nitrogens is 4. The highest BCUT2D eigenvalue weighted by molar-refractivity contribution is 7.99. The van der Waals surface area contributed by atoms with Gasteiger partial charge in [-0.25, -0.2) is 0 Å². The van der Waals surface area contributed by atoms with Gasteiger partial charge in [0.1, 0.15) is 0 Å². The molecular weight excluding hydrogens is 346 g/mol.